The SMILES string of the molecule is Cc1ccc(NCc2cc(Br)c(C)s2)cc1I. The fourth-order valence-corrected chi connectivity index (χ4v) is 3.55. The molecule has 0 unspecified atom stereocenters. The summed E-state index contributed by atoms with van der Waals surface area (Å²) in [4.78, 5) is 2.69. The molecule has 0 saturated heterocycles. The van der Waals surface area contributed by atoms with Gasteiger partial charge in [-0.3, -0.25) is 0 Å². The molecule has 0 fully saturated rings. The number of anilines is 1. The zero-order chi connectivity index (χ0) is 12.4. The van der Waals surface area contributed by atoms with Crippen LogP contribution in [0.4, 0.5) is 5.69 Å². The highest BCUT2D eigenvalue weighted by Crippen LogP contribution is 2.27. The van der Waals surface area contributed by atoms with E-state index >= 15 is 0 Å². The Bertz CT molecular complexity index is 517. The highest BCUT2D eigenvalue weighted by molar-refractivity contribution is 14.1. The van der Waals surface area contributed by atoms with Gasteiger partial charge in [0, 0.05) is 30.0 Å². The van der Waals surface area contributed by atoms with Crippen LogP contribution in [0, 0.1) is 17.4 Å². The smallest absolute Gasteiger partial charge is 0.0494 e. The number of nitrogens with one attached hydrogen (secondary N) is 1. The second-order valence-electron chi connectivity index (χ2n) is 3.93. The average Bonchev–Trinajstić information content (AvgIpc) is 2.60. The van der Waals surface area contributed by atoms with Crippen LogP contribution in [0.25, 0.3) is 0 Å². The summed E-state index contributed by atoms with van der Waals surface area (Å²) in [6.07, 6.45) is 0. The predicted octanol–water partition coefficient (Wildman–Crippen LogP) is 5.34. The molecule has 0 aliphatic rings. The lowest BCUT2D eigenvalue weighted by atomic mass is 10.2. The van der Waals surface area contributed by atoms with E-state index in [1.807, 2.05) is 11.3 Å². The normalized spacial score (nSPS) is 10.6. The van der Waals surface area contributed by atoms with Gasteiger partial charge >= 0.3 is 0 Å². The molecule has 1 aromatic heterocycles. The van der Waals surface area contributed by atoms with Crippen molar-refractivity contribution in [3.63, 3.8) is 0 Å². The van der Waals surface area contributed by atoms with Gasteiger partial charge in [-0.15, -0.1) is 11.3 Å². The van der Waals surface area contributed by atoms with Crippen molar-refractivity contribution < 1.29 is 0 Å². The molecule has 2 aromatic rings. The largest absolute Gasteiger partial charge is 0.380 e. The minimum absolute atomic E-state index is 0.885. The Morgan fingerprint density at radius 1 is 1.29 bits per heavy atom. The van der Waals surface area contributed by atoms with Gasteiger partial charge in [0.15, 0.2) is 0 Å². The Morgan fingerprint density at radius 3 is 2.65 bits per heavy atom. The minimum Gasteiger partial charge on any atom is -0.380 e. The molecule has 1 aromatic carbocycles. The first-order chi connectivity index (χ1) is 8.06. The molecule has 90 valence electrons. The summed E-state index contributed by atoms with van der Waals surface area (Å²) in [6, 6.07) is 8.66. The number of rotatable bonds is 3. The number of thiophene rings is 1. The molecule has 0 aliphatic heterocycles. The molecule has 0 aliphatic carbocycles. The Balaban J connectivity index is 2.04. The van der Waals surface area contributed by atoms with Gasteiger partial charge in [0.1, 0.15) is 0 Å². The number of hydrogen-bond donors (Lipinski definition) is 1. The highest BCUT2D eigenvalue weighted by Gasteiger charge is 2.03. The molecule has 17 heavy (non-hydrogen) atoms. The fourth-order valence-electron chi connectivity index (χ4n) is 1.50. The quantitative estimate of drug-likeness (QED) is 0.659. The summed E-state index contributed by atoms with van der Waals surface area (Å²) in [5.41, 5.74) is 2.51. The molecular weight excluding hydrogens is 409 g/mol. The summed E-state index contributed by atoms with van der Waals surface area (Å²) in [7, 11) is 0. The minimum atomic E-state index is 0.885. The van der Waals surface area contributed by atoms with E-state index in [4.69, 9.17) is 0 Å². The molecule has 1 nitrogen and oxygen atoms in total. The van der Waals surface area contributed by atoms with Gasteiger partial charge in [-0.2, -0.15) is 0 Å². The molecule has 1 N–H and O–H groups in total. The van der Waals surface area contributed by atoms with Crippen LogP contribution in [-0.4, -0.2) is 0 Å². The van der Waals surface area contributed by atoms with E-state index in [0.717, 1.165) is 6.54 Å². The molecule has 0 spiro atoms. The van der Waals surface area contributed by atoms with Crippen LogP contribution < -0.4 is 5.32 Å². The number of halogens is 2. The third-order valence-corrected chi connectivity index (χ3v) is 5.85. The van der Waals surface area contributed by atoms with Gasteiger partial charge in [0.25, 0.3) is 0 Å². The summed E-state index contributed by atoms with van der Waals surface area (Å²) in [6.45, 7) is 5.15. The molecule has 2 rings (SSSR count). The molecule has 0 bridgehead atoms. The first-order valence-corrected chi connectivity index (χ1v) is 8.00. The second kappa shape index (κ2) is 5.71. The molecule has 0 radical (unpaired) electrons. The van der Waals surface area contributed by atoms with Crippen molar-refractivity contribution >= 4 is 55.5 Å². The van der Waals surface area contributed by atoms with E-state index < -0.39 is 0 Å². The number of hydrogen-bond acceptors (Lipinski definition) is 2. The average molecular weight is 422 g/mol. The topological polar surface area (TPSA) is 12.0 Å². The maximum atomic E-state index is 3.54. The van der Waals surface area contributed by atoms with Gasteiger partial charge in [0.2, 0.25) is 0 Å². The maximum absolute atomic E-state index is 3.54. The van der Waals surface area contributed by atoms with Gasteiger partial charge in [-0.25, -0.2) is 0 Å². The zero-order valence-corrected chi connectivity index (χ0v) is 14.2. The summed E-state index contributed by atoms with van der Waals surface area (Å²) in [5.74, 6) is 0. The molecule has 0 amide bonds. The second-order valence-corrected chi connectivity index (χ2v) is 7.29. The number of benzene rings is 1. The van der Waals surface area contributed by atoms with E-state index in [0.29, 0.717) is 0 Å². The van der Waals surface area contributed by atoms with Crippen molar-refractivity contribution in [3.05, 3.63) is 47.6 Å². The van der Waals surface area contributed by atoms with Gasteiger partial charge in [-0.1, -0.05) is 6.07 Å². The summed E-state index contributed by atoms with van der Waals surface area (Å²) in [5, 5.41) is 3.45. The van der Waals surface area contributed by atoms with Crippen LogP contribution in [0.1, 0.15) is 15.3 Å². The van der Waals surface area contributed by atoms with Crippen LogP contribution >= 0.6 is 49.9 Å². The van der Waals surface area contributed by atoms with E-state index in [1.165, 1.54) is 29.0 Å². The summed E-state index contributed by atoms with van der Waals surface area (Å²) >= 11 is 7.74. The molecule has 0 saturated carbocycles. The first kappa shape index (κ1) is 13.4. The van der Waals surface area contributed by atoms with Crippen LogP contribution in [0.5, 0.6) is 0 Å². The van der Waals surface area contributed by atoms with Crippen molar-refractivity contribution in [2.45, 2.75) is 20.4 Å². The lowest BCUT2D eigenvalue weighted by Crippen LogP contribution is -1.97. The lowest BCUT2D eigenvalue weighted by molar-refractivity contribution is 1.19. The van der Waals surface area contributed by atoms with Crippen molar-refractivity contribution in [1.29, 1.82) is 0 Å². The van der Waals surface area contributed by atoms with Gasteiger partial charge in [0.05, 0.1) is 0 Å². The van der Waals surface area contributed by atoms with Crippen LogP contribution in [-0.2, 0) is 6.54 Å². The fraction of sp³-hybridized carbons (Fsp3) is 0.231. The number of aryl methyl sites for hydroxylation is 2. The Hall–Kier alpha value is -0.0700. The molecule has 1 heterocycles. The van der Waals surface area contributed by atoms with Crippen molar-refractivity contribution in [2.75, 3.05) is 5.32 Å². The van der Waals surface area contributed by atoms with Crippen molar-refractivity contribution in [3.8, 4) is 0 Å². The van der Waals surface area contributed by atoms with E-state index in [2.05, 4.69) is 82.0 Å². The van der Waals surface area contributed by atoms with Crippen molar-refractivity contribution in [1.82, 2.24) is 0 Å². The molecule has 0 atom stereocenters. The third-order valence-electron chi connectivity index (χ3n) is 2.55. The van der Waals surface area contributed by atoms with Crippen molar-refractivity contribution in [2.24, 2.45) is 0 Å². The highest BCUT2D eigenvalue weighted by atomic mass is 127. The van der Waals surface area contributed by atoms with Crippen LogP contribution in [0.15, 0.2) is 28.7 Å². The first-order valence-electron chi connectivity index (χ1n) is 5.31. The Kier molecular flexibility index (Phi) is 4.49. The lowest BCUT2D eigenvalue weighted by Gasteiger charge is -2.06. The molecular formula is C13H13BrINS. The van der Waals surface area contributed by atoms with E-state index in [-0.39, 0.29) is 0 Å². The maximum Gasteiger partial charge on any atom is 0.0494 e. The Labute approximate surface area is 128 Å². The standard InChI is InChI=1S/C13H13BrINS/c1-8-3-4-10(5-13(8)15)16-7-11-6-12(14)9(2)17-11/h3-6,16H,7H2,1-2H3. The van der Waals surface area contributed by atoms with E-state index in [1.54, 1.807) is 0 Å². The van der Waals surface area contributed by atoms with Gasteiger partial charge in [-0.05, 0) is 76.1 Å². The van der Waals surface area contributed by atoms with E-state index in [9.17, 15) is 0 Å². The predicted molar refractivity (Wildman–Crippen MR) is 88.0 cm³/mol. The third kappa shape index (κ3) is 3.45. The van der Waals surface area contributed by atoms with Crippen LogP contribution in [0.2, 0.25) is 0 Å². The Morgan fingerprint density at radius 2 is 2.06 bits per heavy atom. The molecule has 4 heteroatoms. The van der Waals surface area contributed by atoms with Crippen LogP contribution in [0.3, 0.4) is 0 Å². The summed E-state index contributed by atoms with van der Waals surface area (Å²) < 4.78 is 2.51. The van der Waals surface area contributed by atoms with Gasteiger partial charge < -0.3 is 5.32 Å². The zero-order valence-electron chi connectivity index (χ0n) is 9.68. The monoisotopic (exact) mass is 421 g/mol.